The van der Waals surface area contributed by atoms with Crippen molar-refractivity contribution in [3.05, 3.63) is 0 Å². The molecule has 0 radical (unpaired) electrons. The second-order valence-electron chi connectivity index (χ2n) is 2.51. The number of hydrogen-bond donors (Lipinski definition) is 4. The molecule has 1 aliphatic heterocycles. The van der Waals surface area contributed by atoms with Gasteiger partial charge in [-0.3, -0.25) is 0 Å². The van der Waals surface area contributed by atoms with Gasteiger partial charge in [-0.25, -0.2) is 0 Å². The minimum atomic E-state index is -0.299. The highest BCUT2D eigenvalue weighted by Gasteiger charge is 2.23. The van der Waals surface area contributed by atoms with Gasteiger partial charge in [-0.2, -0.15) is 0 Å². The Morgan fingerprint density at radius 1 is 1.50 bits per heavy atom. The third kappa shape index (κ3) is 1.91. The zero-order chi connectivity index (χ0) is 7.40. The summed E-state index contributed by atoms with van der Waals surface area (Å²) in [5.74, 6) is 0. The maximum atomic E-state index is 9.21. The number of aliphatic hydroxyl groups is 2. The lowest BCUT2D eigenvalue weighted by molar-refractivity contribution is 0.158. The van der Waals surface area contributed by atoms with Crippen molar-refractivity contribution in [2.24, 2.45) is 0 Å². The van der Waals surface area contributed by atoms with Crippen LogP contribution in [0.1, 0.15) is 0 Å². The van der Waals surface area contributed by atoms with Crippen molar-refractivity contribution >= 4 is 0 Å². The van der Waals surface area contributed by atoms with E-state index < -0.39 is 0 Å². The monoisotopic (exact) mass is 146 g/mol. The summed E-state index contributed by atoms with van der Waals surface area (Å²) < 4.78 is 0. The SMILES string of the molecule is OCCN[C@H]1CNC[C@@H]1O. The van der Waals surface area contributed by atoms with E-state index in [1.165, 1.54) is 0 Å². The fourth-order valence-corrected chi connectivity index (χ4v) is 1.12. The molecule has 0 aliphatic carbocycles. The number of rotatable bonds is 3. The summed E-state index contributed by atoms with van der Waals surface area (Å²) in [5, 5.41) is 23.7. The van der Waals surface area contributed by atoms with Gasteiger partial charge in [-0.05, 0) is 0 Å². The molecule has 0 unspecified atom stereocenters. The summed E-state index contributed by atoms with van der Waals surface area (Å²) in [5.41, 5.74) is 0. The van der Waals surface area contributed by atoms with Gasteiger partial charge in [-0.15, -0.1) is 0 Å². The number of nitrogens with one attached hydrogen (secondary N) is 2. The normalized spacial score (nSPS) is 33.0. The molecular formula is C6H14N2O2. The first-order chi connectivity index (χ1) is 4.84. The lowest BCUT2D eigenvalue weighted by atomic mass is 10.2. The Balaban J connectivity index is 2.14. The summed E-state index contributed by atoms with van der Waals surface area (Å²) in [6.45, 7) is 2.14. The molecule has 0 aromatic heterocycles. The van der Waals surface area contributed by atoms with Crippen LogP contribution in [-0.4, -0.2) is 48.6 Å². The van der Waals surface area contributed by atoms with E-state index in [0.29, 0.717) is 13.1 Å². The number of hydrogen-bond acceptors (Lipinski definition) is 4. The molecule has 1 fully saturated rings. The summed E-state index contributed by atoms with van der Waals surface area (Å²) in [6.07, 6.45) is -0.299. The van der Waals surface area contributed by atoms with E-state index in [1.807, 2.05) is 0 Å². The van der Waals surface area contributed by atoms with Crippen LogP contribution in [0, 0.1) is 0 Å². The highest BCUT2D eigenvalue weighted by Crippen LogP contribution is 1.97. The van der Waals surface area contributed by atoms with Crippen molar-refractivity contribution < 1.29 is 10.2 Å². The molecule has 2 atom stereocenters. The predicted molar refractivity (Wildman–Crippen MR) is 37.8 cm³/mol. The van der Waals surface area contributed by atoms with Crippen LogP contribution in [0.4, 0.5) is 0 Å². The summed E-state index contributed by atoms with van der Waals surface area (Å²) >= 11 is 0. The Labute approximate surface area is 60.2 Å². The van der Waals surface area contributed by atoms with Crippen LogP contribution in [-0.2, 0) is 0 Å². The van der Waals surface area contributed by atoms with E-state index in [1.54, 1.807) is 0 Å². The molecule has 0 spiro atoms. The van der Waals surface area contributed by atoms with E-state index in [9.17, 15) is 5.11 Å². The first-order valence-corrected chi connectivity index (χ1v) is 3.57. The van der Waals surface area contributed by atoms with Gasteiger partial charge in [-0.1, -0.05) is 0 Å². The van der Waals surface area contributed by atoms with Crippen LogP contribution in [0.5, 0.6) is 0 Å². The standard InChI is InChI=1S/C6H14N2O2/c9-2-1-8-5-3-7-4-6(5)10/h5-10H,1-4H2/t5-,6-/m0/s1. The van der Waals surface area contributed by atoms with E-state index in [4.69, 9.17) is 5.11 Å². The second kappa shape index (κ2) is 3.88. The molecule has 1 heterocycles. The van der Waals surface area contributed by atoms with Gasteiger partial charge in [0.25, 0.3) is 0 Å². The van der Waals surface area contributed by atoms with Crippen LogP contribution in [0.3, 0.4) is 0 Å². The fourth-order valence-electron chi connectivity index (χ4n) is 1.12. The molecule has 4 nitrogen and oxygen atoms in total. The Morgan fingerprint density at radius 2 is 2.30 bits per heavy atom. The Kier molecular flexibility index (Phi) is 3.08. The zero-order valence-electron chi connectivity index (χ0n) is 5.88. The van der Waals surface area contributed by atoms with Crippen LogP contribution < -0.4 is 10.6 Å². The average molecular weight is 146 g/mol. The van der Waals surface area contributed by atoms with Gasteiger partial charge in [0.05, 0.1) is 12.7 Å². The Morgan fingerprint density at radius 3 is 2.80 bits per heavy atom. The zero-order valence-corrected chi connectivity index (χ0v) is 5.88. The molecule has 10 heavy (non-hydrogen) atoms. The largest absolute Gasteiger partial charge is 0.395 e. The van der Waals surface area contributed by atoms with Gasteiger partial charge >= 0.3 is 0 Å². The molecule has 60 valence electrons. The molecule has 0 amide bonds. The number of β-amino-alcohol motifs (C(OH)–C–C–N with tert-alkyl or cyclic N) is 1. The minimum absolute atomic E-state index is 0.118. The van der Waals surface area contributed by atoms with Gasteiger partial charge in [0, 0.05) is 25.7 Å². The summed E-state index contributed by atoms with van der Waals surface area (Å²) in [6, 6.07) is 0.118. The predicted octanol–water partition coefficient (Wildman–Crippen LogP) is -2.10. The quantitative estimate of drug-likeness (QED) is 0.368. The van der Waals surface area contributed by atoms with E-state index in [2.05, 4.69) is 10.6 Å². The molecule has 4 heteroatoms. The van der Waals surface area contributed by atoms with Crippen molar-refractivity contribution in [1.82, 2.24) is 10.6 Å². The van der Waals surface area contributed by atoms with Gasteiger partial charge in [0.1, 0.15) is 0 Å². The van der Waals surface area contributed by atoms with Crippen molar-refractivity contribution in [2.75, 3.05) is 26.2 Å². The number of aliphatic hydroxyl groups excluding tert-OH is 2. The van der Waals surface area contributed by atoms with Crippen LogP contribution >= 0.6 is 0 Å². The first kappa shape index (κ1) is 7.94. The summed E-state index contributed by atoms with van der Waals surface area (Å²) in [7, 11) is 0. The maximum absolute atomic E-state index is 9.21. The topological polar surface area (TPSA) is 64.5 Å². The highest BCUT2D eigenvalue weighted by atomic mass is 16.3. The lowest BCUT2D eigenvalue weighted by Gasteiger charge is -2.13. The Hall–Kier alpha value is -0.160. The van der Waals surface area contributed by atoms with E-state index in [-0.39, 0.29) is 18.8 Å². The van der Waals surface area contributed by atoms with Gasteiger partial charge in [0.2, 0.25) is 0 Å². The molecule has 1 aliphatic rings. The highest BCUT2D eigenvalue weighted by molar-refractivity contribution is 4.85. The van der Waals surface area contributed by atoms with Crippen LogP contribution in [0.2, 0.25) is 0 Å². The second-order valence-corrected chi connectivity index (χ2v) is 2.51. The molecule has 0 bridgehead atoms. The molecule has 1 rings (SSSR count). The maximum Gasteiger partial charge on any atom is 0.0829 e. The minimum Gasteiger partial charge on any atom is -0.395 e. The molecule has 1 saturated heterocycles. The van der Waals surface area contributed by atoms with Crippen LogP contribution in [0.15, 0.2) is 0 Å². The van der Waals surface area contributed by atoms with Gasteiger partial charge in [0.15, 0.2) is 0 Å². The van der Waals surface area contributed by atoms with Gasteiger partial charge < -0.3 is 20.8 Å². The Bertz CT molecular complexity index is 99.7. The molecule has 4 N–H and O–H groups in total. The van der Waals surface area contributed by atoms with E-state index in [0.717, 1.165) is 6.54 Å². The summed E-state index contributed by atoms with van der Waals surface area (Å²) in [4.78, 5) is 0. The first-order valence-electron chi connectivity index (χ1n) is 3.57. The molecule has 0 aromatic carbocycles. The lowest BCUT2D eigenvalue weighted by Crippen LogP contribution is -2.40. The average Bonchev–Trinajstić information content (AvgIpc) is 2.31. The third-order valence-corrected chi connectivity index (χ3v) is 1.70. The molecule has 0 saturated carbocycles. The molecule has 0 aromatic rings. The third-order valence-electron chi connectivity index (χ3n) is 1.70. The van der Waals surface area contributed by atoms with Crippen LogP contribution in [0.25, 0.3) is 0 Å². The fraction of sp³-hybridized carbons (Fsp3) is 1.00. The van der Waals surface area contributed by atoms with E-state index >= 15 is 0 Å². The van der Waals surface area contributed by atoms with Crippen molar-refractivity contribution in [1.29, 1.82) is 0 Å². The smallest absolute Gasteiger partial charge is 0.0829 e. The van der Waals surface area contributed by atoms with Crippen molar-refractivity contribution in [3.63, 3.8) is 0 Å². The molecular weight excluding hydrogens is 132 g/mol. The van der Waals surface area contributed by atoms with Crippen molar-refractivity contribution in [2.45, 2.75) is 12.1 Å². The van der Waals surface area contributed by atoms with Crippen molar-refractivity contribution in [3.8, 4) is 0 Å².